The first-order valence-electron chi connectivity index (χ1n) is 2.90. The second kappa shape index (κ2) is 2.04. The van der Waals surface area contributed by atoms with Crippen LogP contribution in [0.15, 0.2) is 0 Å². The van der Waals surface area contributed by atoms with Crippen LogP contribution in [0.2, 0.25) is 0 Å². The van der Waals surface area contributed by atoms with Gasteiger partial charge in [-0.05, 0) is 18.3 Å². The van der Waals surface area contributed by atoms with Crippen LogP contribution in [-0.4, -0.2) is 5.88 Å². The topological polar surface area (TPSA) is 0 Å². The maximum atomic E-state index is 5.60. The van der Waals surface area contributed by atoms with Crippen molar-refractivity contribution in [1.82, 2.24) is 0 Å². The second-order valence-corrected chi connectivity index (χ2v) is 2.78. The van der Waals surface area contributed by atoms with Crippen LogP contribution in [0.25, 0.3) is 0 Å². The third-order valence-electron chi connectivity index (χ3n) is 2.00. The molecule has 1 fully saturated rings. The molecule has 1 heteroatoms. The summed E-state index contributed by atoms with van der Waals surface area (Å²) in [6, 6.07) is 0. The SMILES string of the molecule is C[C@@H]1CC[C@@H]1CCl. The molecule has 1 saturated carbocycles. The van der Waals surface area contributed by atoms with Gasteiger partial charge in [-0.2, -0.15) is 0 Å². The minimum atomic E-state index is 0.849. The summed E-state index contributed by atoms with van der Waals surface area (Å²) in [4.78, 5) is 0. The van der Waals surface area contributed by atoms with E-state index in [4.69, 9.17) is 11.6 Å². The normalized spacial score (nSPS) is 40.3. The van der Waals surface area contributed by atoms with Gasteiger partial charge in [0.2, 0.25) is 0 Å². The van der Waals surface area contributed by atoms with E-state index < -0.39 is 0 Å². The summed E-state index contributed by atoms with van der Waals surface area (Å²) in [6.07, 6.45) is 2.77. The van der Waals surface area contributed by atoms with Gasteiger partial charge in [0, 0.05) is 5.88 Å². The van der Waals surface area contributed by atoms with Crippen LogP contribution in [0, 0.1) is 11.8 Å². The fourth-order valence-electron chi connectivity index (χ4n) is 0.965. The fraction of sp³-hybridized carbons (Fsp3) is 1.00. The van der Waals surface area contributed by atoms with Crippen LogP contribution in [0.1, 0.15) is 19.8 Å². The van der Waals surface area contributed by atoms with Gasteiger partial charge in [-0.25, -0.2) is 0 Å². The van der Waals surface area contributed by atoms with Crippen LogP contribution in [0.5, 0.6) is 0 Å². The Bertz CT molecular complexity index is 59.2. The van der Waals surface area contributed by atoms with Crippen molar-refractivity contribution in [2.75, 3.05) is 5.88 Å². The molecule has 0 aromatic rings. The Labute approximate surface area is 49.9 Å². The van der Waals surface area contributed by atoms with E-state index in [0.717, 1.165) is 17.7 Å². The van der Waals surface area contributed by atoms with Crippen molar-refractivity contribution in [2.45, 2.75) is 19.8 Å². The predicted molar refractivity (Wildman–Crippen MR) is 32.6 cm³/mol. The van der Waals surface area contributed by atoms with Crippen molar-refractivity contribution in [3.63, 3.8) is 0 Å². The molecule has 7 heavy (non-hydrogen) atoms. The maximum absolute atomic E-state index is 5.60. The first-order chi connectivity index (χ1) is 3.34. The van der Waals surface area contributed by atoms with Crippen molar-refractivity contribution in [3.05, 3.63) is 0 Å². The summed E-state index contributed by atoms with van der Waals surface area (Å²) < 4.78 is 0. The van der Waals surface area contributed by atoms with Crippen molar-refractivity contribution in [2.24, 2.45) is 11.8 Å². The van der Waals surface area contributed by atoms with Crippen LogP contribution in [-0.2, 0) is 0 Å². The van der Waals surface area contributed by atoms with Crippen LogP contribution in [0.3, 0.4) is 0 Å². The monoisotopic (exact) mass is 118 g/mol. The fourth-order valence-corrected chi connectivity index (χ4v) is 1.42. The van der Waals surface area contributed by atoms with E-state index >= 15 is 0 Å². The first-order valence-corrected chi connectivity index (χ1v) is 3.44. The summed E-state index contributed by atoms with van der Waals surface area (Å²) in [6.45, 7) is 2.27. The van der Waals surface area contributed by atoms with Crippen molar-refractivity contribution in [3.8, 4) is 0 Å². The van der Waals surface area contributed by atoms with E-state index in [9.17, 15) is 0 Å². The lowest BCUT2D eigenvalue weighted by Gasteiger charge is -2.31. The Kier molecular flexibility index (Phi) is 1.58. The van der Waals surface area contributed by atoms with E-state index in [1.165, 1.54) is 12.8 Å². The van der Waals surface area contributed by atoms with Gasteiger partial charge in [-0.1, -0.05) is 13.3 Å². The molecule has 0 bridgehead atoms. The molecule has 0 spiro atoms. The molecular formula is C6H11Cl. The number of alkyl halides is 1. The molecule has 0 aliphatic heterocycles. The number of hydrogen-bond acceptors (Lipinski definition) is 0. The maximum Gasteiger partial charge on any atom is 0.0254 e. The van der Waals surface area contributed by atoms with Gasteiger partial charge in [0.1, 0.15) is 0 Å². The average molecular weight is 119 g/mol. The molecule has 1 aliphatic carbocycles. The molecule has 42 valence electrons. The summed E-state index contributed by atoms with van der Waals surface area (Å²) >= 11 is 5.60. The van der Waals surface area contributed by atoms with Gasteiger partial charge in [0.25, 0.3) is 0 Å². The van der Waals surface area contributed by atoms with Crippen molar-refractivity contribution in [1.29, 1.82) is 0 Å². The van der Waals surface area contributed by atoms with E-state index in [1.54, 1.807) is 0 Å². The number of halogens is 1. The molecule has 0 radical (unpaired) electrons. The molecule has 0 saturated heterocycles. The van der Waals surface area contributed by atoms with Crippen molar-refractivity contribution < 1.29 is 0 Å². The molecule has 0 heterocycles. The van der Waals surface area contributed by atoms with Gasteiger partial charge in [-0.3, -0.25) is 0 Å². The molecule has 0 aromatic heterocycles. The van der Waals surface area contributed by atoms with E-state index in [-0.39, 0.29) is 0 Å². The number of rotatable bonds is 1. The molecular weight excluding hydrogens is 108 g/mol. The highest BCUT2D eigenvalue weighted by Crippen LogP contribution is 2.33. The van der Waals surface area contributed by atoms with Gasteiger partial charge in [-0.15, -0.1) is 11.6 Å². The smallest absolute Gasteiger partial charge is 0.0254 e. The minimum Gasteiger partial charge on any atom is -0.126 e. The molecule has 0 nitrogen and oxygen atoms in total. The van der Waals surface area contributed by atoms with Crippen LogP contribution < -0.4 is 0 Å². The molecule has 0 aromatic carbocycles. The van der Waals surface area contributed by atoms with Crippen LogP contribution in [0.4, 0.5) is 0 Å². The predicted octanol–water partition coefficient (Wildman–Crippen LogP) is 2.27. The van der Waals surface area contributed by atoms with Crippen molar-refractivity contribution >= 4 is 11.6 Å². The quantitative estimate of drug-likeness (QED) is 0.464. The molecule has 0 N–H and O–H groups in total. The third-order valence-corrected chi connectivity index (χ3v) is 2.39. The standard InChI is InChI=1S/C6H11Cl/c1-5-2-3-6(5)4-7/h5-6H,2-4H2,1H3/t5-,6-/m1/s1. The molecule has 2 atom stereocenters. The molecule has 0 unspecified atom stereocenters. The Balaban J connectivity index is 2.16. The zero-order valence-electron chi connectivity index (χ0n) is 4.65. The second-order valence-electron chi connectivity index (χ2n) is 2.47. The summed E-state index contributed by atoms with van der Waals surface area (Å²) in [5.74, 6) is 2.64. The molecule has 1 rings (SSSR count). The average Bonchev–Trinajstić information content (AvgIpc) is 1.65. The molecule has 0 amide bonds. The largest absolute Gasteiger partial charge is 0.126 e. The Morgan fingerprint density at radius 2 is 2.29 bits per heavy atom. The van der Waals surface area contributed by atoms with Gasteiger partial charge >= 0.3 is 0 Å². The van der Waals surface area contributed by atoms with Gasteiger partial charge < -0.3 is 0 Å². The summed E-state index contributed by atoms with van der Waals surface area (Å²) in [5.41, 5.74) is 0. The highest BCUT2D eigenvalue weighted by Gasteiger charge is 2.24. The first kappa shape index (κ1) is 5.43. The highest BCUT2D eigenvalue weighted by atomic mass is 35.5. The third kappa shape index (κ3) is 0.908. The Hall–Kier alpha value is 0.290. The zero-order chi connectivity index (χ0) is 5.28. The summed E-state index contributed by atoms with van der Waals surface area (Å²) in [5, 5.41) is 0. The van der Waals surface area contributed by atoms with E-state index in [2.05, 4.69) is 6.92 Å². The lowest BCUT2D eigenvalue weighted by Crippen LogP contribution is -2.23. The van der Waals surface area contributed by atoms with E-state index in [0.29, 0.717) is 0 Å². The Morgan fingerprint density at radius 1 is 1.57 bits per heavy atom. The van der Waals surface area contributed by atoms with Gasteiger partial charge in [0.15, 0.2) is 0 Å². The lowest BCUT2D eigenvalue weighted by atomic mass is 9.76. The minimum absolute atomic E-state index is 0.849. The summed E-state index contributed by atoms with van der Waals surface area (Å²) in [7, 11) is 0. The molecule has 1 aliphatic rings. The van der Waals surface area contributed by atoms with E-state index in [1.807, 2.05) is 0 Å². The van der Waals surface area contributed by atoms with Crippen LogP contribution >= 0.6 is 11.6 Å². The highest BCUT2D eigenvalue weighted by molar-refractivity contribution is 6.18. The Morgan fingerprint density at radius 3 is 2.29 bits per heavy atom. The lowest BCUT2D eigenvalue weighted by molar-refractivity contribution is 0.223. The van der Waals surface area contributed by atoms with Gasteiger partial charge in [0.05, 0.1) is 0 Å². The number of hydrogen-bond donors (Lipinski definition) is 0. The zero-order valence-corrected chi connectivity index (χ0v) is 5.41.